The van der Waals surface area contributed by atoms with E-state index in [0.29, 0.717) is 17.4 Å². The van der Waals surface area contributed by atoms with E-state index in [9.17, 15) is 41.1 Å². The molecule has 4 N–H and O–H groups in total. The number of amides is 3. The first-order valence-corrected chi connectivity index (χ1v) is 16.6. The number of esters is 1. The van der Waals surface area contributed by atoms with Crippen LogP contribution in [0.1, 0.15) is 58.8 Å². The topological polar surface area (TPSA) is 160 Å². The van der Waals surface area contributed by atoms with Gasteiger partial charge in [-0.2, -0.15) is 0 Å². The maximum Gasteiger partial charge on any atom is 0.573 e. The number of halogens is 3. The van der Waals surface area contributed by atoms with Gasteiger partial charge in [0, 0.05) is 17.5 Å². The molecule has 1 aliphatic rings. The highest BCUT2D eigenvalue weighted by molar-refractivity contribution is 7.90. The third kappa shape index (κ3) is 9.81. The molecule has 1 aliphatic carbocycles. The second-order valence-electron chi connectivity index (χ2n) is 11.0. The number of benzene rings is 3. The van der Waals surface area contributed by atoms with Crippen molar-refractivity contribution in [1.29, 1.82) is 0 Å². The van der Waals surface area contributed by atoms with Crippen LogP contribution >= 0.6 is 0 Å². The number of rotatable bonds is 11. The van der Waals surface area contributed by atoms with Crippen LogP contribution in [-0.2, 0) is 19.4 Å². The molecule has 0 fully saturated rings. The minimum Gasteiger partial charge on any atom is -0.467 e. The van der Waals surface area contributed by atoms with Crippen LogP contribution in [0.5, 0.6) is 5.75 Å². The Balaban J connectivity index is 1.59. The molecule has 0 saturated heterocycles. The monoisotopic (exact) mass is 689 g/mol. The Hall–Kier alpha value is -4.89. The van der Waals surface area contributed by atoms with E-state index >= 15 is 0 Å². The molecule has 3 amide bonds. The van der Waals surface area contributed by atoms with Crippen molar-refractivity contribution in [1.82, 2.24) is 10.6 Å². The number of carbonyl (C=O) groups excluding carboxylic acids is 3. The summed E-state index contributed by atoms with van der Waals surface area (Å²) in [6.45, 7) is -0.370. The Morgan fingerprint density at radius 3 is 2.17 bits per heavy atom. The number of hydrogen-bond acceptors (Lipinski definition) is 8. The van der Waals surface area contributed by atoms with E-state index in [-0.39, 0.29) is 17.8 Å². The Morgan fingerprint density at radius 1 is 0.958 bits per heavy atom. The van der Waals surface area contributed by atoms with Crippen molar-refractivity contribution in [2.45, 2.75) is 49.1 Å². The number of ether oxygens (including phenoxy) is 2. The van der Waals surface area contributed by atoms with Gasteiger partial charge < -0.3 is 30.5 Å². The summed E-state index contributed by atoms with van der Waals surface area (Å²) in [6, 6.07) is 14.9. The highest BCUT2D eigenvalue weighted by Gasteiger charge is 2.33. The highest BCUT2D eigenvalue weighted by atomic mass is 32.2. The molecular weight excluding hydrogens is 655 g/mol. The average Bonchev–Trinajstić information content (AvgIpc) is 3.05. The van der Waals surface area contributed by atoms with Gasteiger partial charge in [-0.15, -0.1) is 13.2 Å². The molecule has 0 heterocycles. The third-order valence-corrected chi connectivity index (χ3v) is 8.56. The summed E-state index contributed by atoms with van der Waals surface area (Å²) in [5.41, 5.74) is 3.57. The van der Waals surface area contributed by atoms with Crippen LogP contribution in [0.25, 0.3) is 5.57 Å². The van der Waals surface area contributed by atoms with Crippen LogP contribution in [0.4, 0.5) is 23.7 Å². The molecule has 3 aromatic rings. The second-order valence-corrected chi connectivity index (χ2v) is 13.0. The highest BCUT2D eigenvalue weighted by Crippen LogP contribution is 2.33. The summed E-state index contributed by atoms with van der Waals surface area (Å²) < 4.78 is 71.3. The van der Waals surface area contributed by atoms with Gasteiger partial charge in [0.15, 0.2) is 15.9 Å². The van der Waals surface area contributed by atoms with Gasteiger partial charge in [0.05, 0.1) is 19.7 Å². The minimum absolute atomic E-state index is 0.109. The molecule has 256 valence electrons. The average molecular weight is 690 g/mol. The largest absolute Gasteiger partial charge is 0.573 e. The summed E-state index contributed by atoms with van der Waals surface area (Å²) in [5.74, 6) is -2.41. The van der Waals surface area contributed by atoms with E-state index in [2.05, 4.69) is 31.5 Å². The lowest BCUT2D eigenvalue weighted by Gasteiger charge is -2.22. The molecule has 0 saturated carbocycles. The molecule has 48 heavy (non-hydrogen) atoms. The Labute approximate surface area is 275 Å². The predicted molar refractivity (Wildman–Crippen MR) is 170 cm³/mol. The van der Waals surface area contributed by atoms with Crippen LogP contribution in [0.3, 0.4) is 0 Å². The maximum atomic E-state index is 13.2. The predicted octanol–water partition coefficient (Wildman–Crippen LogP) is 5.12. The number of aliphatic hydroxyl groups is 1. The van der Waals surface area contributed by atoms with Gasteiger partial charge in [0.1, 0.15) is 10.6 Å². The quantitative estimate of drug-likeness (QED) is 0.202. The molecule has 0 radical (unpaired) electrons. The van der Waals surface area contributed by atoms with Crippen molar-refractivity contribution < 1.29 is 50.6 Å². The number of allylic oxidation sites excluding steroid dienone is 2. The molecule has 1 unspecified atom stereocenters. The van der Waals surface area contributed by atoms with Crippen LogP contribution in [0, 0.1) is 0 Å². The van der Waals surface area contributed by atoms with E-state index in [1.165, 1.54) is 17.7 Å². The number of methoxy groups -OCH3 is 1. The normalized spacial score (nSPS) is 14.6. The number of urea groups is 1. The summed E-state index contributed by atoms with van der Waals surface area (Å²) >= 11 is 0. The fraction of sp³-hybridized carbons (Fsp3) is 0.303. The number of carbonyl (C=O) groups is 3. The van der Waals surface area contributed by atoms with Gasteiger partial charge in [-0.05, 0) is 78.3 Å². The molecule has 4 rings (SSSR count). The Kier molecular flexibility index (Phi) is 11.5. The molecule has 15 heteroatoms. The third-order valence-electron chi connectivity index (χ3n) is 7.44. The number of nitrogens with one attached hydrogen (secondary N) is 3. The summed E-state index contributed by atoms with van der Waals surface area (Å²) in [4.78, 5) is 36.5. The van der Waals surface area contributed by atoms with E-state index in [4.69, 9.17) is 0 Å². The van der Waals surface area contributed by atoms with Gasteiger partial charge in [-0.25, -0.2) is 18.0 Å². The minimum atomic E-state index is -5.14. The Morgan fingerprint density at radius 2 is 1.60 bits per heavy atom. The van der Waals surface area contributed by atoms with E-state index in [1.54, 1.807) is 12.1 Å². The van der Waals surface area contributed by atoms with Gasteiger partial charge in [-0.1, -0.05) is 42.5 Å². The number of sulfone groups is 1. The van der Waals surface area contributed by atoms with Crippen molar-refractivity contribution in [2.75, 3.05) is 25.2 Å². The van der Waals surface area contributed by atoms with Crippen LogP contribution < -0.4 is 20.7 Å². The summed E-state index contributed by atoms with van der Waals surface area (Å²) in [6.07, 6.45) is 0.396. The van der Waals surface area contributed by atoms with Crippen molar-refractivity contribution in [3.63, 3.8) is 0 Å². The first-order chi connectivity index (χ1) is 22.6. The van der Waals surface area contributed by atoms with E-state index in [0.717, 1.165) is 56.6 Å². The smallest absolute Gasteiger partial charge is 0.467 e. The zero-order chi connectivity index (χ0) is 35.1. The summed E-state index contributed by atoms with van der Waals surface area (Å²) in [7, 11) is -3.08. The molecular formula is C33H34F3N3O8S. The van der Waals surface area contributed by atoms with Crippen LogP contribution in [-0.4, -0.2) is 63.8 Å². The van der Waals surface area contributed by atoms with Crippen molar-refractivity contribution >= 4 is 39.0 Å². The SMILES string of the molecule is COC(=O)[C@H](O)CNC(=O)c1ccc(C(NC(=O)Nc2ccc(OC(F)(F)F)c(S(C)(=O)=O)c2)c2ccc(C3=CCCCC3)cc2)cc1. The lowest BCUT2D eigenvalue weighted by atomic mass is 9.91. The fourth-order valence-corrected chi connectivity index (χ4v) is 5.89. The number of anilines is 1. The number of hydrogen-bond donors (Lipinski definition) is 4. The zero-order valence-corrected chi connectivity index (χ0v) is 26.8. The van der Waals surface area contributed by atoms with E-state index < -0.39 is 56.9 Å². The molecule has 0 bridgehead atoms. The Bertz CT molecular complexity index is 1780. The summed E-state index contributed by atoms with van der Waals surface area (Å²) in [5, 5.41) is 17.4. The van der Waals surface area contributed by atoms with Gasteiger partial charge in [0.25, 0.3) is 5.91 Å². The second kappa shape index (κ2) is 15.3. The number of alkyl halides is 3. The lowest BCUT2D eigenvalue weighted by molar-refractivity contribution is -0.275. The first kappa shape index (κ1) is 36.0. The number of aliphatic hydroxyl groups excluding tert-OH is 1. The maximum absolute atomic E-state index is 13.2. The standard InChI is InChI=1S/C33H34F3N3O8S/c1-46-31(42)26(40)19-37-30(41)24-14-12-23(13-15-24)29(22-10-8-21(9-11-22)20-6-4-3-5-7-20)39-32(43)38-25-16-17-27(47-33(34,35)36)28(18-25)48(2,44)45/h6,8-18,26,29,40H,3-5,7,19H2,1-2H3,(H,37,41)(H2,38,39,43)/t26-,29?/m1/s1. The molecule has 0 aliphatic heterocycles. The molecule has 3 aromatic carbocycles. The van der Waals surface area contributed by atoms with Crippen molar-refractivity contribution in [2.24, 2.45) is 0 Å². The van der Waals surface area contributed by atoms with Gasteiger partial charge in [0.2, 0.25) is 0 Å². The van der Waals surface area contributed by atoms with E-state index in [1.807, 2.05) is 24.3 Å². The molecule has 11 nitrogen and oxygen atoms in total. The molecule has 0 aromatic heterocycles. The zero-order valence-electron chi connectivity index (χ0n) is 26.0. The fourth-order valence-electron chi connectivity index (χ4n) is 5.07. The molecule has 2 atom stereocenters. The lowest BCUT2D eigenvalue weighted by Crippen LogP contribution is -2.37. The van der Waals surface area contributed by atoms with Crippen LogP contribution in [0.15, 0.2) is 77.7 Å². The molecule has 0 spiro atoms. The van der Waals surface area contributed by atoms with Crippen molar-refractivity contribution in [3.8, 4) is 5.75 Å². The van der Waals surface area contributed by atoms with Crippen molar-refractivity contribution in [3.05, 3.63) is 95.1 Å². The first-order valence-electron chi connectivity index (χ1n) is 14.8. The van der Waals surface area contributed by atoms with Gasteiger partial charge in [-0.3, -0.25) is 4.79 Å². The van der Waals surface area contributed by atoms with Crippen LogP contribution in [0.2, 0.25) is 0 Å². The van der Waals surface area contributed by atoms with Gasteiger partial charge >= 0.3 is 18.4 Å².